The molecule has 34 heavy (non-hydrogen) atoms. The van der Waals surface area contributed by atoms with Crippen molar-refractivity contribution in [2.75, 3.05) is 13.7 Å². The summed E-state index contributed by atoms with van der Waals surface area (Å²) in [4.78, 5) is 23.8. The quantitative estimate of drug-likeness (QED) is 0.207. The van der Waals surface area contributed by atoms with Gasteiger partial charge in [-0.25, -0.2) is 5.43 Å². The Morgan fingerprint density at radius 2 is 1.65 bits per heavy atom. The van der Waals surface area contributed by atoms with E-state index in [1.165, 1.54) is 31.9 Å². The molecule has 0 spiro atoms. The molecule has 0 fully saturated rings. The Bertz CT molecular complexity index is 900. The standard InChI is InChI=1S/C27H37N3O4/c1-3-4-5-6-7-8-12-15-26(31)28-20-27(32)30-29-19-23-16-17-24(25(18-23)33-2)34-21-22-13-10-9-11-14-22/h9-11,13-14,16-19H,3-8,12,15,20-21H2,1-2H3,(H,28,31)(H,30,32). The van der Waals surface area contributed by atoms with E-state index >= 15 is 0 Å². The highest BCUT2D eigenvalue weighted by atomic mass is 16.5. The zero-order valence-corrected chi connectivity index (χ0v) is 20.3. The summed E-state index contributed by atoms with van der Waals surface area (Å²) >= 11 is 0. The molecule has 0 heterocycles. The average molecular weight is 468 g/mol. The van der Waals surface area contributed by atoms with Gasteiger partial charge in [-0.1, -0.05) is 75.8 Å². The van der Waals surface area contributed by atoms with E-state index in [2.05, 4.69) is 22.8 Å². The van der Waals surface area contributed by atoms with Gasteiger partial charge in [-0.05, 0) is 35.7 Å². The highest BCUT2D eigenvalue weighted by molar-refractivity contribution is 5.86. The van der Waals surface area contributed by atoms with E-state index in [4.69, 9.17) is 9.47 Å². The van der Waals surface area contributed by atoms with E-state index in [1.807, 2.05) is 36.4 Å². The van der Waals surface area contributed by atoms with E-state index in [9.17, 15) is 9.59 Å². The van der Waals surface area contributed by atoms with Gasteiger partial charge in [0.25, 0.3) is 5.91 Å². The van der Waals surface area contributed by atoms with Gasteiger partial charge in [-0.15, -0.1) is 0 Å². The summed E-state index contributed by atoms with van der Waals surface area (Å²) in [5.41, 5.74) is 4.23. The molecule has 0 aliphatic heterocycles. The molecule has 2 rings (SSSR count). The van der Waals surface area contributed by atoms with Crippen molar-refractivity contribution < 1.29 is 19.1 Å². The molecule has 2 amide bonds. The Balaban J connectivity index is 1.67. The van der Waals surface area contributed by atoms with E-state index in [0.717, 1.165) is 30.4 Å². The van der Waals surface area contributed by atoms with Crippen LogP contribution in [0.3, 0.4) is 0 Å². The first-order valence-electron chi connectivity index (χ1n) is 12.1. The lowest BCUT2D eigenvalue weighted by molar-refractivity contribution is -0.126. The Morgan fingerprint density at radius 1 is 0.912 bits per heavy atom. The van der Waals surface area contributed by atoms with Crippen molar-refractivity contribution in [3.8, 4) is 11.5 Å². The predicted octanol–water partition coefficient (Wildman–Crippen LogP) is 4.98. The third-order valence-electron chi connectivity index (χ3n) is 5.28. The van der Waals surface area contributed by atoms with Gasteiger partial charge in [-0.3, -0.25) is 9.59 Å². The van der Waals surface area contributed by atoms with Gasteiger partial charge in [0, 0.05) is 6.42 Å². The maximum absolute atomic E-state index is 11.9. The monoisotopic (exact) mass is 467 g/mol. The normalized spacial score (nSPS) is 10.8. The maximum Gasteiger partial charge on any atom is 0.259 e. The number of hydrogen-bond acceptors (Lipinski definition) is 5. The smallest absolute Gasteiger partial charge is 0.259 e. The Kier molecular flexibility index (Phi) is 12.9. The van der Waals surface area contributed by atoms with Crippen molar-refractivity contribution in [3.05, 3.63) is 59.7 Å². The van der Waals surface area contributed by atoms with Crippen molar-refractivity contribution >= 4 is 18.0 Å². The van der Waals surface area contributed by atoms with Crippen LogP contribution in [0.5, 0.6) is 11.5 Å². The van der Waals surface area contributed by atoms with Crippen LogP contribution in [-0.4, -0.2) is 31.7 Å². The van der Waals surface area contributed by atoms with Gasteiger partial charge in [-0.2, -0.15) is 5.10 Å². The zero-order chi connectivity index (χ0) is 24.4. The number of carbonyl (C=O) groups excluding carboxylic acids is 2. The average Bonchev–Trinajstić information content (AvgIpc) is 2.86. The number of rotatable bonds is 16. The number of ether oxygens (including phenoxy) is 2. The van der Waals surface area contributed by atoms with E-state index in [0.29, 0.717) is 24.5 Å². The lowest BCUT2D eigenvalue weighted by atomic mass is 10.1. The van der Waals surface area contributed by atoms with E-state index in [1.54, 1.807) is 19.2 Å². The number of benzene rings is 2. The lowest BCUT2D eigenvalue weighted by Crippen LogP contribution is -2.34. The van der Waals surface area contributed by atoms with Crippen LogP contribution in [-0.2, 0) is 16.2 Å². The first-order chi connectivity index (χ1) is 16.6. The van der Waals surface area contributed by atoms with Crippen LogP contribution in [0, 0.1) is 0 Å². The fourth-order valence-corrected chi connectivity index (χ4v) is 3.35. The first-order valence-corrected chi connectivity index (χ1v) is 12.1. The third-order valence-corrected chi connectivity index (χ3v) is 5.28. The number of unbranched alkanes of at least 4 members (excludes halogenated alkanes) is 6. The molecule has 0 aliphatic rings. The van der Waals surface area contributed by atoms with Crippen LogP contribution in [0.1, 0.15) is 69.4 Å². The second kappa shape index (κ2) is 16.3. The molecule has 2 N–H and O–H groups in total. The fraction of sp³-hybridized carbons (Fsp3) is 0.444. The molecule has 184 valence electrons. The molecule has 7 heteroatoms. The SMILES string of the molecule is CCCCCCCCCC(=O)NCC(=O)NN=Cc1ccc(OCc2ccccc2)c(OC)c1. The topological polar surface area (TPSA) is 89.0 Å². The molecule has 0 aromatic heterocycles. The van der Waals surface area contributed by atoms with Gasteiger partial charge < -0.3 is 14.8 Å². The van der Waals surface area contributed by atoms with Crippen molar-refractivity contribution in [3.63, 3.8) is 0 Å². The number of hydrogen-bond donors (Lipinski definition) is 2. The molecule has 0 aliphatic carbocycles. The second-order valence-corrected chi connectivity index (χ2v) is 8.13. The van der Waals surface area contributed by atoms with Gasteiger partial charge in [0.2, 0.25) is 5.91 Å². The van der Waals surface area contributed by atoms with Crippen molar-refractivity contribution in [2.24, 2.45) is 5.10 Å². The number of carbonyl (C=O) groups is 2. The molecule has 2 aromatic rings. The van der Waals surface area contributed by atoms with Crippen molar-refractivity contribution in [1.29, 1.82) is 0 Å². The summed E-state index contributed by atoms with van der Waals surface area (Å²) in [6.45, 7) is 2.54. The van der Waals surface area contributed by atoms with Crippen LogP contribution in [0.4, 0.5) is 0 Å². The summed E-state index contributed by atoms with van der Waals surface area (Å²) in [6.07, 6.45) is 10.0. The molecule has 2 aromatic carbocycles. The molecule has 0 bridgehead atoms. The van der Waals surface area contributed by atoms with Gasteiger partial charge in [0.15, 0.2) is 11.5 Å². The molecule has 0 saturated heterocycles. The Labute approximate surface area is 202 Å². The summed E-state index contributed by atoms with van der Waals surface area (Å²) in [6, 6.07) is 15.3. The predicted molar refractivity (Wildman–Crippen MR) is 135 cm³/mol. The minimum absolute atomic E-state index is 0.0950. The number of nitrogens with zero attached hydrogens (tertiary/aromatic N) is 1. The van der Waals surface area contributed by atoms with Crippen LogP contribution >= 0.6 is 0 Å². The maximum atomic E-state index is 11.9. The summed E-state index contributed by atoms with van der Waals surface area (Å²) in [5.74, 6) is 0.711. The van der Waals surface area contributed by atoms with Gasteiger partial charge in [0.05, 0.1) is 19.9 Å². The molecule has 0 radical (unpaired) electrons. The van der Waals surface area contributed by atoms with Crippen LogP contribution in [0.25, 0.3) is 0 Å². The molecule has 0 atom stereocenters. The van der Waals surface area contributed by atoms with E-state index in [-0.39, 0.29) is 18.4 Å². The fourth-order valence-electron chi connectivity index (χ4n) is 3.35. The number of hydrazone groups is 1. The van der Waals surface area contributed by atoms with Crippen molar-refractivity contribution in [2.45, 2.75) is 64.9 Å². The first kappa shape index (κ1) is 26.9. The van der Waals surface area contributed by atoms with Crippen LogP contribution in [0.15, 0.2) is 53.6 Å². The van der Waals surface area contributed by atoms with Crippen molar-refractivity contribution in [1.82, 2.24) is 10.7 Å². The highest BCUT2D eigenvalue weighted by Crippen LogP contribution is 2.28. The third kappa shape index (κ3) is 11.0. The largest absolute Gasteiger partial charge is 0.493 e. The van der Waals surface area contributed by atoms with Gasteiger partial charge >= 0.3 is 0 Å². The number of nitrogens with one attached hydrogen (secondary N) is 2. The molecular weight excluding hydrogens is 430 g/mol. The highest BCUT2D eigenvalue weighted by Gasteiger charge is 2.07. The summed E-state index contributed by atoms with van der Waals surface area (Å²) < 4.78 is 11.3. The number of methoxy groups -OCH3 is 1. The molecule has 0 unspecified atom stereocenters. The minimum Gasteiger partial charge on any atom is -0.493 e. The van der Waals surface area contributed by atoms with Gasteiger partial charge in [0.1, 0.15) is 6.61 Å². The Morgan fingerprint density at radius 3 is 2.38 bits per heavy atom. The lowest BCUT2D eigenvalue weighted by Gasteiger charge is -2.11. The summed E-state index contributed by atoms with van der Waals surface area (Å²) in [7, 11) is 1.57. The van der Waals surface area contributed by atoms with Crippen LogP contribution in [0.2, 0.25) is 0 Å². The Hall–Kier alpha value is -3.35. The molecule has 0 saturated carbocycles. The second-order valence-electron chi connectivity index (χ2n) is 8.13. The molecule has 7 nitrogen and oxygen atoms in total. The summed E-state index contributed by atoms with van der Waals surface area (Å²) in [5, 5.41) is 6.59. The number of amides is 2. The van der Waals surface area contributed by atoms with E-state index < -0.39 is 0 Å². The van der Waals surface area contributed by atoms with Crippen LogP contribution < -0.4 is 20.2 Å². The minimum atomic E-state index is -0.376. The zero-order valence-electron chi connectivity index (χ0n) is 20.3. The molecular formula is C27H37N3O4.